The van der Waals surface area contributed by atoms with Crippen molar-refractivity contribution in [2.75, 3.05) is 19.0 Å². The number of thioether (sulfide) groups is 1. The highest BCUT2D eigenvalue weighted by Gasteiger charge is 2.30. The van der Waals surface area contributed by atoms with Gasteiger partial charge >= 0.3 is 5.97 Å². The van der Waals surface area contributed by atoms with Crippen molar-refractivity contribution in [2.45, 2.75) is 18.8 Å². The Labute approximate surface area is 124 Å². The predicted octanol–water partition coefficient (Wildman–Crippen LogP) is 3.05. The van der Waals surface area contributed by atoms with E-state index in [-0.39, 0.29) is 17.1 Å². The molecule has 0 saturated heterocycles. The van der Waals surface area contributed by atoms with E-state index in [2.05, 4.69) is 12.2 Å². The maximum Gasteiger partial charge on any atom is 0.319 e. The molecule has 1 aromatic carbocycles. The number of benzene rings is 1. The number of hydrogen-bond acceptors (Lipinski definition) is 4. The van der Waals surface area contributed by atoms with Crippen LogP contribution < -0.4 is 0 Å². The van der Waals surface area contributed by atoms with Gasteiger partial charge in [-0.2, -0.15) is 0 Å². The van der Waals surface area contributed by atoms with Gasteiger partial charge in [-0.3, -0.25) is 4.79 Å². The van der Waals surface area contributed by atoms with E-state index in [1.165, 1.54) is 0 Å². The third-order valence-electron chi connectivity index (χ3n) is 3.08. The van der Waals surface area contributed by atoms with Crippen LogP contribution in [0.1, 0.15) is 12.5 Å². The summed E-state index contributed by atoms with van der Waals surface area (Å²) in [4.78, 5) is 11.9. The summed E-state index contributed by atoms with van der Waals surface area (Å²) < 4.78 is 10.9. The van der Waals surface area contributed by atoms with Crippen molar-refractivity contribution in [1.29, 1.82) is 0 Å². The first-order valence-electron chi connectivity index (χ1n) is 6.88. The van der Waals surface area contributed by atoms with E-state index in [4.69, 9.17) is 9.47 Å². The maximum atomic E-state index is 11.9. The molecule has 0 fully saturated rings. The van der Waals surface area contributed by atoms with Gasteiger partial charge in [-0.1, -0.05) is 42.5 Å². The van der Waals surface area contributed by atoms with Crippen molar-refractivity contribution in [3.8, 4) is 0 Å². The van der Waals surface area contributed by atoms with Crippen LogP contribution in [0.5, 0.6) is 0 Å². The Kier molecular flexibility index (Phi) is 6.15. The summed E-state index contributed by atoms with van der Waals surface area (Å²) in [6.07, 6.45) is 4.17. The molecule has 108 valence electrons. The third kappa shape index (κ3) is 4.39. The minimum absolute atomic E-state index is 0.0940. The summed E-state index contributed by atoms with van der Waals surface area (Å²) in [6.45, 7) is 3.38. The van der Waals surface area contributed by atoms with Crippen LogP contribution in [0.3, 0.4) is 0 Å². The Morgan fingerprint density at radius 2 is 2.15 bits per heavy atom. The number of hydrogen-bond donors (Lipinski definition) is 0. The molecule has 0 spiro atoms. The Bertz CT molecular complexity index is 444. The second-order valence-corrected chi connectivity index (χ2v) is 5.77. The molecule has 0 aromatic heterocycles. The highest BCUT2D eigenvalue weighted by molar-refractivity contribution is 8.00. The fourth-order valence-corrected chi connectivity index (χ4v) is 3.16. The molecule has 1 aliphatic rings. The van der Waals surface area contributed by atoms with E-state index in [0.717, 1.165) is 11.3 Å². The molecule has 0 N–H and O–H groups in total. The van der Waals surface area contributed by atoms with Gasteiger partial charge in [0.25, 0.3) is 0 Å². The quantitative estimate of drug-likeness (QED) is 0.596. The largest absolute Gasteiger partial charge is 0.465 e. The third-order valence-corrected chi connectivity index (χ3v) is 4.37. The number of esters is 1. The van der Waals surface area contributed by atoms with Gasteiger partial charge in [-0.05, 0) is 12.5 Å². The van der Waals surface area contributed by atoms with Gasteiger partial charge in [-0.25, -0.2) is 0 Å². The zero-order valence-electron chi connectivity index (χ0n) is 11.7. The second-order valence-electron chi connectivity index (χ2n) is 4.60. The van der Waals surface area contributed by atoms with Gasteiger partial charge in [0, 0.05) is 11.7 Å². The van der Waals surface area contributed by atoms with Crippen LogP contribution in [-0.4, -0.2) is 30.2 Å². The van der Waals surface area contributed by atoms with Gasteiger partial charge in [0.05, 0.1) is 19.8 Å². The van der Waals surface area contributed by atoms with Crippen molar-refractivity contribution in [2.24, 2.45) is 5.92 Å². The lowest BCUT2D eigenvalue weighted by molar-refractivity contribution is -0.143. The van der Waals surface area contributed by atoms with E-state index in [1.54, 1.807) is 11.8 Å². The van der Waals surface area contributed by atoms with Crippen LogP contribution in [0.25, 0.3) is 0 Å². The molecule has 2 rings (SSSR count). The lowest BCUT2D eigenvalue weighted by Gasteiger charge is -2.25. The van der Waals surface area contributed by atoms with E-state index >= 15 is 0 Å². The second kappa shape index (κ2) is 8.12. The standard InChI is InChI=1S/C16H20O3S/c1-2-19-16(17)15-14(9-6-10-20-15)12-18-11-13-7-4-3-5-8-13/h3-9,14-15H,2,10-12H2,1H3/t14-,15-/m1/s1. The zero-order valence-corrected chi connectivity index (χ0v) is 12.5. The molecular formula is C16H20O3S. The van der Waals surface area contributed by atoms with Crippen molar-refractivity contribution in [3.05, 3.63) is 48.0 Å². The van der Waals surface area contributed by atoms with Crippen LogP contribution in [0.4, 0.5) is 0 Å². The molecule has 0 bridgehead atoms. The molecule has 4 heteroatoms. The minimum Gasteiger partial charge on any atom is -0.465 e. The van der Waals surface area contributed by atoms with Crippen LogP contribution in [0.15, 0.2) is 42.5 Å². The molecule has 0 amide bonds. The Morgan fingerprint density at radius 1 is 1.35 bits per heavy atom. The molecule has 0 unspecified atom stereocenters. The van der Waals surface area contributed by atoms with Crippen LogP contribution in [-0.2, 0) is 20.9 Å². The smallest absolute Gasteiger partial charge is 0.319 e. The number of carbonyl (C=O) groups excluding carboxylic acids is 1. The monoisotopic (exact) mass is 292 g/mol. The molecule has 0 aliphatic carbocycles. The van der Waals surface area contributed by atoms with E-state index in [1.807, 2.05) is 37.3 Å². The minimum atomic E-state index is -0.143. The molecule has 0 radical (unpaired) electrons. The Hall–Kier alpha value is -1.26. The van der Waals surface area contributed by atoms with E-state index in [9.17, 15) is 4.79 Å². The lowest BCUT2D eigenvalue weighted by Crippen LogP contribution is -2.32. The Morgan fingerprint density at radius 3 is 2.90 bits per heavy atom. The maximum absolute atomic E-state index is 11.9. The summed E-state index contributed by atoms with van der Waals surface area (Å²) in [6, 6.07) is 10.1. The molecule has 1 heterocycles. The topological polar surface area (TPSA) is 35.5 Å². The van der Waals surface area contributed by atoms with Crippen molar-refractivity contribution in [3.63, 3.8) is 0 Å². The van der Waals surface area contributed by atoms with Crippen LogP contribution in [0, 0.1) is 5.92 Å². The number of ether oxygens (including phenoxy) is 2. The fraction of sp³-hybridized carbons (Fsp3) is 0.438. The molecular weight excluding hydrogens is 272 g/mol. The van der Waals surface area contributed by atoms with Crippen molar-refractivity contribution < 1.29 is 14.3 Å². The first kappa shape index (κ1) is 15.1. The number of rotatable bonds is 6. The van der Waals surface area contributed by atoms with Crippen LogP contribution in [0.2, 0.25) is 0 Å². The Balaban J connectivity index is 1.84. The molecule has 1 aromatic rings. The zero-order chi connectivity index (χ0) is 14.2. The van der Waals surface area contributed by atoms with Gasteiger partial charge in [0.2, 0.25) is 0 Å². The summed E-state index contributed by atoms with van der Waals surface area (Å²) in [5.41, 5.74) is 1.15. The summed E-state index contributed by atoms with van der Waals surface area (Å²) in [7, 11) is 0. The highest BCUT2D eigenvalue weighted by Crippen LogP contribution is 2.27. The highest BCUT2D eigenvalue weighted by atomic mass is 32.2. The molecule has 3 nitrogen and oxygen atoms in total. The average Bonchev–Trinajstić information content (AvgIpc) is 2.49. The predicted molar refractivity (Wildman–Crippen MR) is 81.6 cm³/mol. The van der Waals surface area contributed by atoms with E-state index in [0.29, 0.717) is 19.8 Å². The normalized spacial score (nSPS) is 21.6. The SMILES string of the molecule is CCOC(=O)[C@@H]1SCC=C[C@@H]1COCc1ccccc1. The first-order chi connectivity index (χ1) is 9.81. The van der Waals surface area contributed by atoms with Gasteiger partial charge in [0.1, 0.15) is 5.25 Å². The van der Waals surface area contributed by atoms with Crippen LogP contribution >= 0.6 is 11.8 Å². The summed E-state index contributed by atoms with van der Waals surface area (Å²) in [5.74, 6) is 0.824. The summed E-state index contributed by atoms with van der Waals surface area (Å²) >= 11 is 1.62. The molecule has 0 saturated carbocycles. The van der Waals surface area contributed by atoms with Crippen molar-refractivity contribution in [1.82, 2.24) is 0 Å². The fourth-order valence-electron chi connectivity index (χ4n) is 2.11. The first-order valence-corrected chi connectivity index (χ1v) is 7.92. The average molecular weight is 292 g/mol. The summed E-state index contributed by atoms with van der Waals surface area (Å²) in [5, 5.41) is -0.143. The molecule has 20 heavy (non-hydrogen) atoms. The van der Waals surface area contributed by atoms with Gasteiger partial charge < -0.3 is 9.47 Å². The molecule has 2 atom stereocenters. The van der Waals surface area contributed by atoms with Gasteiger partial charge in [-0.15, -0.1) is 11.8 Å². The van der Waals surface area contributed by atoms with Crippen molar-refractivity contribution >= 4 is 17.7 Å². The lowest BCUT2D eigenvalue weighted by atomic mass is 10.1. The number of carbonyl (C=O) groups is 1. The molecule has 1 aliphatic heterocycles. The van der Waals surface area contributed by atoms with Gasteiger partial charge in [0.15, 0.2) is 0 Å². The van der Waals surface area contributed by atoms with E-state index < -0.39 is 0 Å².